The van der Waals surface area contributed by atoms with Gasteiger partial charge in [0, 0.05) is 11.3 Å². The number of aryl methyl sites for hydroxylation is 1. The highest BCUT2D eigenvalue weighted by molar-refractivity contribution is 5.54. The predicted octanol–water partition coefficient (Wildman–Crippen LogP) is 2.22. The Hall–Kier alpha value is -2.69. The summed E-state index contributed by atoms with van der Waals surface area (Å²) in [5.74, 6) is 0.607. The maximum Gasteiger partial charge on any atom is 0.205 e. The van der Waals surface area contributed by atoms with Gasteiger partial charge in [-0.05, 0) is 35.9 Å². The highest BCUT2D eigenvalue weighted by Crippen LogP contribution is 2.17. The third-order valence-electron chi connectivity index (χ3n) is 2.93. The molecule has 1 heterocycles. The van der Waals surface area contributed by atoms with Crippen molar-refractivity contribution in [1.82, 2.24) is 20.2 Å². The first kappa shape index (κ1) is 11.4. The second-order valence-corrected chi connectivity index (χ2v) is 4.31. The molecule has 0 saturated heterocycles. The minimum atomic E-state index is 0.607. The molecule has 0 aliphatic carbocycles. The fourth-order valence-electron chi connectivity index (χ4n) is 1.81. The first-order valence-electron chi connectivity index (χ1n) is 5.96. The van der Waals surface area contributed by atoms with Gasteiger partial charge in [0.25, 0.3) is 0 Å². The standard InChI is InChI=1S/C14H13N5/c1-10-9-12(7-8-13(10)15)19-17-14(16-18-19)11-5-3-2-4-6-11/h2-9H,15H2,1H3. The normalized spacial score (nSPS) is 10.6. The van der Waals surface area contributed by atoms with Crippen molar-refractivity contribution in [1.29, 1.82) is 0 Å². The number of nitrogens with two attached hydrogens (primary N) is 1. The minimum Gasteiger partial charge on any atom is -0.399 e. The van der Waals surface area contributed by atoms with Crippen LogP contribution in [-0.2, 0) is 0 Å². The van der Waals surface area contributed by atoms with E-state index in [0.29, 0.717) is 5.82 Å². The lowest BCUT2D eigenvalue weighted by molar-refractivity contribution is 0.719. The van der Waals surface area contributed by atoms with Crippen molar-refractivity contribution in [2.24, 2.45) is 0 Å². The Morgan fingerprint density at radius 2 is 1.84 bits per heavy atom. The van der Waals surface area contributed by atoms with Gasteiger partial charge in [-0.15, -0.1) is 15.0 Å². The van der Waals surface area contributed by atoms with E-state index in [1.807, 2.05) is 55.5 Å². The summed E-state index contributed by atoms with van der Waals surface area (Å²) in [6, 6.07) is 15.4. The molecule has 0 aliphatic heterocycles. The number of tetrazole rings is 1. The van der Waals surface area contributed by atoms with Gasteiger partial charge in [0.2, 0.25) is 5.82 Å². The molecule has 5 nitrogen and oxygen atoms in total. The summed E-state index contributed by atoms with van der Waals surface area (Å²) in [5, 5.41) is 12.5. The molecule has 0 aliphatic rings. The van der Waals surface area contributed by atoms with Crippen LogP contribution in [0.15, 0.2) is 48.5 Å². The largest absolute Gasteiger partial charge is 0.399 e. The average molecular weight is 251 g/mol. The van der Waals surface area contributed by atoms with Crippen molar-refractivity contribution in [2.45, 2.75) is 6.92 Å². The van der Waals surface area contributed by atoms with Crippen molar-refractivity contribution in [2.75, 3.05) is 5.73 Å². The molecule has 94 valence electrons. The highest BCUT2D eigenvalue weighted by atomic mass is 15.6. The summed E-state index contributed by atoms with van der Waals surface area (Å²) < 4.78 is 0. The van der Waals surface area contributed by atoms with Crippen LogP contribution in [0.5, 0.6) is 0 Å². The Morgan fingerprint density at radius 3 is 2.58 bits per heavy atom. The van der Waals surface area contributed by atoms with Gasteiger partial charge in [0.15, 0.2) is 0 Å². The number of anilines is 1. The average Bonchev–Trinajstić information content (AvgIpc) is 2.93. The molecule has 0 saturated carbocycles. The van der Waals surface area contributed by atoms with Crippen molar-refractivity contribution >= 4 is 5.69 Å². The number of rotatable bonds is 2. The lowest BCUT2D eigenvalue weighted by Crippen LogP contribution is -2.00. The Balaban J connectivity index is 1.99. The Morgan fingerprint density at radius 1 is 1.05 bits per heavy atom. The predicted molar refractivity (Wildman–Crippen MR) is 73.7 cm³/mol. The number of benzene rings is 2. The Kier molecular flexibility index (Phi) is 2.72. The number of hydrogen-bond donors (Lipinski definition) is 1. The molecular weight excluding hydrogens is 238 g/mol. The number of nitrogens with zero attached hydrogens (tertiary/aromatic N) is 4. The summed E-state index contributed by atoms with van der Waals surface area (Å²) in [6.45, 7) is 1.95. The van der Waals surface area contributed by atoms with Gasteiger partial charge in [-0.1, -0.05) is 30.3 Å². The SMILES string of the molecule is Cc1cc(-n2nnc(-c3ccccc3)n2)ccc1N. The minimum absolute atomic E-state index is 0.607. The van der Waals surface area contributed by atoms with E-state index in [4.69, 9.17) is 5.73 Å². The van der Waals surface area contributed by atoms with Crippen LogP contribution in [0.3, 0.4) is 0 Å². The van der Waals surface area contributed by atoms with Crippen LogP contribution in [0, 0.1) is 6.92 Å². The second-order valence-electron chi connectivity index (χ2n) is 4.31. The van der Waals surface area contributed by atoms with Crippen molar-refractivity contribution < 1.29 is 0 Å². The maximum atomic E-state index is 5.80. The van der Waals surface area contributed by atoms with Crippen LogP contribution < -0.4 is 5.73 Å². The van der Waals surface area contributed by atoms with Gasteiger partial charge in [0.1, 0.15) is 0 Å². The molecule has 0 bridgehead atoms. The zero-order valence-corrected chi connectivity index (χ0v) is 10.5. The van der Waals surface area contributed by atoms with E-state index in [0.717, 1.165) is 22.5 Å². The van der Waals surface area contributed by atoms with E-state index < -0.39 is 0 Å². The Bertz CT molecular complexity index is 703. The summed E-state index contributed by atoms with van der Waals surface area (Å²) in [7, 11) is 0. The maximum absolute atomic E-state index is 5.80. The monoisotopic (exact) mass is 251 g/mol. The van der Waals surface area contributed by atoms with E-state index >= 15 is 0 Å². The topological polar surface area (TPSA) is 69.6 Å². The molecular formula is C14H13N5. The van der Waals surface area contributed by atoms with Gasteiger partial charge in [-0.25, -0.2) is 0 Å². The Labute approximate surface area is 110 Å². The summed E-state index contributed by atoms with van der Waals surface area (Å²) in [6.07, 6.45) is 0. The van der Waals surface area contributed by atoms with E-state index in [-0.39, 0.29) is 0 Å². The summed E-state index contributed by atoms with van der Waals surface area (Å²) in [4.78, 5) is 1.51. The molecule has 5 heteroatoms. The van der Waals surface area contributed by atoms with Gasteiger partial charge in [0.05, 0.1) is 5.69 Å². The van der Waals surface area contributed by atoms with Gasteiger partial charge < -0.3 is 5.73 Å². The molecule has 1 aromatic heterocycles. The van der Waals surface area contributed by atoms with Crippen LogP contribution in [0.4, 0.5) is 5.69 Å². The molecule has 19 heavy (non-hydrogen) atoms. The fraction of sp³-hybridized carbons (Fsp3) is 0.0714. The molecule has 2 aromatic carbocycles. The van der Waals surface area contributed by atoms with Crippen molar-refractivity contribution in [3.8, 4) is 17.1 Å². The van der Waals surface area contributed by atoms with Crippen LogP contribution in [0.2, 0.25) is 0 Å². The molecule has 0 amide bonds. The van der Waals surface area contributed by atoms with E-state index in [2.05, 4.69) is 15.4 Å². The quantitative estimate of drug-likeness (QED) is 0.709. The first-order chi connectivity index (χ1) is 9.24. The fourth-order valence-corrected chi connectivity index (χ4v) is 1.81. The van der Waals surface area contributed by atoms with Gasteiger partial charge in [-0.2, -0.15) is 0 Å². The van der Waals surface area contributed by atoms with Gasteiger partial charge in [-0.3, -0.25) is 0 Å². The second kappa shape index (κ2) is 4.53. The van der Waals surface area contributed by atoms with Crippen LogP contribution in [0.25, 0.3) is 17.1 Å². The first-order valence-corrected chi connectivity index (χ1v) is 5.96. The van der Waals surface area contributed by atoms with Crippen LogP contribution in [-0.4, -0.2) is 20.2 Å². The van der Waals surface area contributed by atoms with E-state index in [9.17, 15) is 0 Å². The molecule has 2 N–H and O–H groups in total. The zero-order chi connectivity index (χ0) is 13.2. The number of aromatic nitrogens is 4. The molecule has 0 atom stereocenters. The third kappa shape index (κ3) is 2.18. The molecule has 0 unspecified atom stereocenters. The van der Waals surface area contributed by atoms with Gasteiger partial charge >= 0.3 is 0 Å². The number of nitrogen functional groups attached to an aromatic ring is 1. The lowest BCUT2D eigenvalue weighted by Gasteiger charge is -2.02. The van der Waals surface area contributed by atoms with Crippen molar-refractivity contribution in [3.63, 3.8) is 0 Å². The smallest absolute Gasteiger partial charge is 0.205 e. The molecule has 0 fully saturated rings. The summed E-state index contributed by atoms with van der Waals surface area (Å²) >= 11 is 0. The van der Waals surface area contributed by atoms with E-state index in [1.165, 1.54) is 4.80 Å². The molecule has 0 spiro atoms. The third-order valence-corrected chi connectivity index (χ3v) is 2.93. The zero-order valence-electron chi connectivity index (χ0n) is 10.5. The number of hydrogen-bond acceptors (Lipinski definition) is 4. The summed E-state index contributed by atoms with van der Waals surface area (Å²) in [5.41, 5.74) is 9.34. The van der Waals surface area contributed by atoms with Crippen molar-refractivity contribution in [3.05, 3.63) is 54.1 Å². The van der Waals surface area contributed by atoms with Crippen LogP contribution >= 0.6 is 0 Å². The molecule has 0 radical (unpaired) electrons. The highest BCUT2D eigenvalue weighted by Gasteiger charge is 2.07. The molecule has 3 aromatic rings. The van der Waals surface area contributed by atoms with E-state index in [1.54, 1.807) is 0 Å². The van der Waals surface area contributed by atoms with Crippen LogP contribution in [0.1, 0.15) is 5.56 Å². The molecule has 3 rings (SSSR count). The lowest BCUT2D eigenvalue weighted by atomic mass is 10.2.